The molecule has 0 atom stereocenters. The summed E-state index contributed by atoms with van der Waals surface area (Å²) in [4.78, 5) is 37.9. The molecular weight excluding hydrogens is 358 g/mol. The third-order valence-electron chi connectivity index (χ3n) is 5.51. The van der Waals surface area contributed by atoms with Gasteiger partial charge in [-0.1, -0.05) is 19.4 Å². The Morgan fingerprint density at radius 3 is 2.71 bits per heavy atom. The molecule has 2 N–H and O–H groups in total. The van der Waals surface area contributed by atoms with Gasteiger partial charge in [0.15, 0.2) is 5.65 Å². The maximum Gasteiger partial charge on any atom is 0.255 e. The summed E-state index contributed by atoms with van der Waals surface area (Å²) in [6.07, 6.45) is 10.4. The zero-order valence-corrected chi connectivity index (χ0v) is 15.8. The largest absolute Gasteiger partial charge is 0.473 e. The van der Waals surface area contributed by atoms with Crippen LogP contribution in [0, 0.1) is 0 Å². The van der Waals surface area contributed by atoms with Crippen molar-refractivity contribution >= 4 is 23.0 Å². The normalized spacial score (nSPS) is 18.4. The van der Waals surface area contributed by atoms with E-state index in [1.165, 1.54) is 6.08 Å². The highest BCUT2D eigenvalue weighted by molar-refractivity contribution is 6.04. The van der Waals surface area contributed by atoms with Crippen molar-refractivity contribution in [1.82, 2.24) is 25.2 Å². The summed E-state index contributed by atoms with van der Waals surface area (Å²) in [5, 5.41) is 3.08. The van der Waals surface area contributed by atoms with Gasteiger partial charge in [-0.05, 0) is 18.9 Å². The van der Waals surface area contributed by atoms with Gasteiger partial charge in [0.1, 0.15) is 11.6 Å². The predicted octanol–water partition coefficient (Wildman–Crippen LogP) is 2.19. The standard InChI is InChI=1S/C20H25N5O3/c1-2-17(26)25-9-7-14(8-10-25)28-16-12-22-19-18(24-16)15(11-21-19)20(27)23-13-5-3-4-6-13/h2,11-14H,1,3-10H2,(H,21,22)(H,23,27). The topological polar surface area (TPSA) is 100 Å². The number of amides is 2. The van der Waals surface area contributed by atoms with Crippen LogP contribution in [0.4, 0.5) is 0 Å². The van der Waals surface area contributed by atoms with Crippen molar-refractivity contribution in [2.75, 3.05) is 13.1 Å². The lowest BCUT2D eigenvalue weighted by molar-refractivity contribution is -0.127. The van der Waals surface area contributed by atoms with E-state index >= 15 is 0 Å². The van der Waals surface area contributed by atoms with Gasteiger partial charge < -0.3 is 19.9 Å². The first kappa shape index (κ1) is 18.5. The maximum absolute atomic E-state index is 12.6. The highest BCUT2D eigenvalue weighted by Crippen LogP contribution is 2.22. The highest BCUT2D eigenvalue weighted by atomic mass is 16.5. The molecule has 2 aromatic rings. The second kappa shape index (κ2) is 8.00. The van der Waals surface area contributed by atoms with Crippen LogP contribution in [0.2, 0.25) is 0 Å². The number of aromatic amines is 1. The first-order valence-electron chi connectivity index (χ1n) is 9.87. The van der Waals surface area contributed by atoms with Gasteiger partial charge in [0, 0.05) is 38.2 Å². The monoisotopic (exact) mass is 383 g/mol. The number of nitrogens with zero attached hydrogens (tertiary/aromatic N) is 3. The molecule has 2 aliphatic rings. The molecule has 1 saturated carbocycles. The molecule has 2 fully saturated rings. The molecule has 2 aromatic heterocycles. The van der Waals surface area contributed by atoms with E-state index in [2.05, 4.69) is 26.8 Å². The number of nitrogens with one attached hydrogen (secondary N) is 2. The summed E-state index contributed by atoms with van der Waals surface area (Å²) in [5.74, 6) is 0.223. The van der Waals surface area contributed by atoms with Crippen molar-refractivity contribution < 1.29 is 14.3 Å². The van der Waals surface area contributed by atoms with E-state index < -0.39 is 0 Å². The SMILES string of the molecule is C=CC(=O)N1CCC(Oc2cnc3[nH]cc(C(=O)NC4CCCC4)c3n2)CC1. The van der Waals surface area contributed by atoms with Gasteiger partial charge in [-0.25, -0.2) is 9.97 Å². The summed E-state index contributed by atoms with van der Waals surface area (Å²) in [6.45, 7) is 4.78. The minimum Gasteiger partial charge on any atom is -0.473 e. The fraction of sp³-hybridized carbons (Fsp3) is 0.500. The van der Waals surface area contributed by atoms with E-state index in [1.54, 1.807) is 17.3 Å². The van der Waals surface area contributed by atoms with Crippen molar-refractivity contribution in [2.45, 2.75) is 50.7 Å². The Kier molecular flexibility index (Phi) is 5.27. The Balaban J connectivity index is 1.43. The van der Waals surface area contributed by atoms with Gasteiger partial charge in [-0.3, -0.25) is 9.59 Å². The van der Waals surface area contributed by atoms with E-state index in [9.17, 15) is 9.59 Å². The van der Waals surface area contributed by atoms with E-state index in [0.29, 0.717) is 35.7 Å². The Labute approximate surface area is 163 Å². The van der Waals surface area contributed by atoms with Gasteiger partial charge >= 0.3 is 0 Å². The maximum atomic E-state index is 12.6. The second-order valence-electron chi connectivity index (χ2n) is 7.41. The molecular formula is C20H25N5O3. The predicted molar refractivity (Wildman–Crippen MR) is 104 cm³/mol. The van der Waals surface area contributed by atoms with Gasteiger partial charge in [0.25, 0.3) is 5.91 Å². The molecule has 4 rings (SSSR count). The van der Waals surface area contributed by atoms with Crippen LogP contribution in [0.25, 0.3) is 11.2 Å². The average Bonchev–Trinajstić information content (AvgIpc) is 3.37. The number of rotatable bonds is 5. The number of H-pyrrole nitrogens is 1. The van der Waals surface area contributed by atoms with Gasteiger partial charge in [0.2, 0.25) is 11.8 Å². The third kappa shape index (κ3) is 3.85. The number of likely N-dealkylation sites (tertiary alicyclic amines) is 1. The Morgan fingerprint density at radius 2 is 2.00 bits per heavy atom. The first-order chi connectivity index (χ1) is 13.6. The molecule has 0 unspecified atom stereocenters. The lowest BCUT2D eigenvalue weighted by Gasteiger charge is -2.31. The molecule has 0 radical (unpaired) electrons. The van der Waals surface area contributed by atoms with Crippen LogP contribution in [0.15, 0.2) is 25.0 Å². The van der Waals surface area contributed by atoms with Crippen molar-refractivity contribution in [2.24, 2.45) is 0 Å². The number of carbonyl (C=O) groups is 2. The highest BCUT2D eigenvalue weighted by Gasteiger charge is 2.24. The molecule has 28 heavy (non-hydrogen) atoms. The zero-order chi connectivity index (χ0) is 19.5. The molecule has 2 amide bonds. The van der Waals surface area contributed by atoms with E-state index in [4.69, 9.17) is 4.74 Å². The number of aromatic nitrogens is 3. The number of carbonyl (C=O) groups excluding carboxylic acids is 2. The van der Waals surface area contributed by atoms with Gasteiger partial charge in [-0.2, -0.15) is 0 Å². The van der Waals surface area contributed by atoms with Crippen LogP contribution in [-0.4, -0.2) is 56.9 Å². The number of ether oxygens (including phenoxy) is 1. The third-order valence-corrected chi connectivity index (χ3v) is 5.51. The molecule has 1 aliphatic heterocycles. The Bertz CT molecular complexity index is 879. The van der Waals surface area contributed by atoms with Crippen molar-refractivity contribution in [3.63, 3.8) is 0 Å². The van der Waals surface area contributed by atoms with Crippen molar-refractivity contribution in [3.8, 4) is 5.88 Å². The number of hydrogen-bond acceptors (Lipinski definition) is 5. The van der Waals surface area contributed by atoms with Crippen LogP contribution >= 0.6 is 0 Å². The molecule has 0 bridgehead atoms. The second-order valence-corrected chi connectivity index (χ2v) is 7.41. The molecule has 8 heteroatoms. The van der Waals surface area contributed by atoms with Crippen LogP contribution in [0.5, 0.6) is 5.88 Å². The molecule has 3 heterocycles. The quantitative estimate of drug-likeness (QED) is 0.771. The minimum absolute atomic E-state index is 0.0321. The summed E-state index contributed by atoms with van der Waals surface area (Å²) in [7, 11) is 0. The van der Waals surface area contributed by atoms with E-state index in [0.717, 1.165) is 38.5 Å². The summed E-state index contributed by atoms with van der Waals surface area (Å²) >= 11 is 0. The average molecular weight is 383 g/mol. The molecule has 1 saturated heterocycles. The van der Waals surface area contributed by atoms with Crippen LogP contribution < -0.4 is 10.1 Å². The Hall–Kier alpha value is -2.90. The first-order valence-corrected chi connectivity index (χ1v) is 9.87. The molecule has 0 aromatic carbocycles. The molecule has 0 spiro atoms. The number of fused-ring (bicyclic) bond motifs is 1. The van der Waals surface area contributed by atoms with Crippen molar-refractivity contribution in [1.29, 1.82) is 0 Å². The fourth-order valence-corrected chi connectivity index (χ4v) is 3.93. The number of piperidine rings is 1. The lowest BCUT2D eigenvalue weighted by atomic mass is 10.1. The van der Waals surface area contributed by atoms with Crippen LogP contribution in [-0.2, 0) is 4.79 Å². The van der Waals surface area contributed by atoms with Gasteiger partial charge in [-0.15, -0.1) is 0 Å². The number of hydrogen-bond donors (Lipinski definition) is 2. The minimum atomic E-state index is -0.124. The van der Waals surface area contributed by atoms with E-state index in [1.807, 2.05) is 0 Å². The molecule has 1 aliphatic carbocycles. The Morgan fingerprint density at radius 1 is 1.25 bits per heavy atom. The van der Waals surface area contributed by atoms with Crippen LogP contribution in [0.3, 0.4) is 0 Å². The van der Waals surface area contributed by atoms with Gasteiger partial charge in [0.05, 0.1) is 11.8 Å². The zero-order valence-electron chi connectivity index (χ0n) is 15.8. The van der Waals surface area contributed by atoms with Crippen molar-refractivity contribution in [3.05, 3.63) is 30.6 Å². The van der Waals surface area contributed by atoms with Crippen LogP contribution in [0.1, 0.15) is 48.9 Å². The molecule has 8 nitrogen and oxygen atoms in total. The summed E-state index contributed by atoms with van der Waals surface area (Å²) in [6, 6.07) is 0.244. The molecule has 148 valence electrons. The summed E-state index contributed by atoms with van der Waals surface area (Å²) < 4.78 is 5.98. The van der Waals surface area contributed by atoms with E-state index in [-0.39, 0.29) is 24.0 Å². The fourth-order valence-electron chi connectivity index (χ4n) is 3.93. The lowest BCUT2D eigenvalue weighted by Crippen LogP contribution is -2.41. The smallest absolute Gasteiger partial charge is 0.255 e. The summed E-state index contributed by atoms with van der Waals surface area (Å²) in [5.41, 5.74) is 1.58.